The third kappa shape index (κ3) is 3.75. The van der Waals surface area contributed by atoms with Crippen LogP contribution in [0.25, 0.3) is 0 Å². The molecule has 0 bridgehead atoms. The Labute approximate surface area is 145 Å². The lowest BCUT2D eigenvalue weighted by molar-refractivity contribution is -0.134. The minimum Gasteiger partial charge on any atom is -0.483 e. The van der Waals surface area contributed by atoms with Crippen LogP contribution >= 0.6 is 15.9 Å². The molecule has 1 aliphatic rings. The van der Waals surface area contributed by atoms with E-state index in [2.05, 4.69) is 41.1 Å². The van der Waals surface area contributed by atoms with E-state index < -0.39 is 0 Å². The number of nitrogens with zero attached hydrogens (tertiary/aromatic N) is 1. The largest absolute Gasteiger partial charge is 0.483 e. The molecule has 120 valence electrons. The third-order valence-electron chi connectivity index (χ3n) is 4.24. The highest BCUT2D eigenvalue weighted by Gasteiger charge is 2.20. The maximum absolute atomic E-state index is 12.4. The molecule has 0 N–H and O–H groups in total. The smallest absolute Gasteiger partial charge is 0.260 e. The molecule has 2 aromatic rings. The van der Waals surface area contributed by atoms with Crippen molar-refractivity contribution in [2.75, 3.05) is 13.2 Å². The van der Waals surface area contributed by atoms with Crippen molar-refractivity contribution < 1.29 is 9.53 Å². The van der Waals surface area contributed by atoms with Crippen LogP contribution in [0, 0.1) is 0 Å². The molecular weight excluding hydrogens is 354 g/mol. The van der Waals surface area contributed by atoms with Gasteiger partial charge in [-0.05, 0) is 57.6 Å². The third-order valence-corrected chi connectivity index (χ3v) is 4.86. The molecule has 0 saturated heterocycles. The molecule has 0 atom stereocenters. The summed E-state index contributed by atoms with van der Waals surface area (Å²) in [6.07, 6.45) is 1.89. The van der Waals surface area contributed by atoms with Gasteiger partial charge in [0, 0.05) is 13.1 Å². The van der Waals surface area contributed by atoms with Gasteiger partial charge < -0.3 is 9.64 Å². The summed E-state index contributed by atoms with van der Waals surface area (Å²) in [4.78, 5) is 14.3. The van der Waals surface area contributed by atoms with Gasteiger partial charge in [0.2, 0.25) is 0 Å². The Morgan fingerprint density at radius 2 is 2.00 bits per heavy atom. The molecule has 23 heavy (non-hydrogen) atoms. The highest BCUT2D eigenvalue weighted by Crippen LogP contribution is 2.26. The van der Waals surface area contributed by atoms with Crippen LogP contribution in [0.5, 0.6) is 5.75 Å². The lowest BCUT2D eigenvalue weighted by atomic mass is 10.00. The molecule has 4 heteroatoms. The molecule has 0 saturated carbocycles. The van der Waals surface area contributed by atoms with Crippen LogP contribution in [0.4, 0.5) is 0 Å². The summed E-state index contributed by atoms with van der Waals surface area (Å²) in [5.41, 5.74) is 3.82. The Balaban J connectivity index is 1.60. The van der Waals surface area contributed by atoms with Crippen molar-refractivity contribution >= 4 is 21.8 Å². The Morgan fingerprint density at radius 1 is 1.22 bits per heavy atom. The van der Waals surface area contributed by atoms with Gasteiger partial charge in [-0.3, -0.25) is 4.79 Å². The summed E-state index contributed by atoms with van der Waals surface area (Å²) >= 11 is 3.51. The Kier molecular flexibility index (Phi) is 5.01. The second-order valence-corrected chi connectivity index (χ2v) is 6.60. The van der Waals surface area contributed by atoms with E-state index in [1.54, 1.807) is 0 Å². The number of carbonyl (C=O) groups is 1. The number of benzene rings is 2. The van der Waals surface area contributed by atoms with E-state index in [9.17, 15) is 4.79 Å². The Hall–Kier alpha value is -1.81. The molecule has 0 radical (unpaired) electrons. The van der Waals surface area contributed by atoms with Crippen molar-refractivity contribution in [2.24, 2.45) is 0 Å². The second kappa shape index (κ2) is 7.18. The van der Waals surface area contributed by atoms with Gasteiger partial charge in [-0.1, -0.05) is 37.3 Å². The molecule has 0 fully saturated rings. The predicted octanol–water partition coefficient (Wildman–Crippen LogP) is 3.98. The Morgan fingerprint density at radius 3 is 2.74 bits per heavy atom. The van der Waals surface area contributed by atoms with Crippen LogP contribution in [-0.4, -0.2) is 24.0 Å². The van der Waals surface area contributed by atoms with Crippen LogP contribution in [0.2, 0.25) is 0 Å². The number of hydrogen-bond donors (Lipinski definition) is 0. The van der Waals surface area contributed by atoms with Crippen LogP contribution in [0.3, 0.4) is 0 Å². The van der Waals surface area contributed by atoms with Gasteiger partial charge in [0.25, 0.3) is 5.91 Å². The first-order valence-electron chi connectivity index (χ1n) is 7.93. The number of rotatable bonds is 4. The minimum atomic E-state index is 0.0333. The van der Waals surface area contributed by atoms with E-state index in [1.807, 2.05) is 29.2 Å². The van der Waals surface area contributed by atoms with Crippen molar-refractivity contribution in [1.82, 2.24) is 4.90 Å². The maximum Gasteiger partial charge on any atom is 0.260 e. The molecule has 1 heterocycles. The van der Waals surface area contributed by atoms with Gasteiger partial charge in [-0.2, -0.15) is 0 Å². The number of hydrogen-bond acceptors (Lipinski definition) is 2. The molecule has 0 aliphatic carbocycles. The number of amides is 1. The molecule has 0 aromatic heterocycles. The summed E-state index contributed by atoms with van der Waals surface area (Å²) in [7, 11) is 0. The fourth-order valence-electron chi connectivity index (χ4n) is 2.82. The molecule has 2 aromatic carbocycles. The Bertz CT molecular complexity index is 714. The fraction of sp³-hybridized carbons (Fsp3) is 0.316. The van der Waals surface area contributed by atoms with Crippen molar-refractivity contribution in [3.05, 3.63) is 63.6 Å². The van der Waals surface area contributed by atoms with Crippen LogP contribution in [0.15, 0.2) is 46.9 Å². The molecular formula is C19H20BrNO2. The normalized spacial score (nSPS) is 13.6. The zero-order valence-corrected chi connectivity index (χ0v) is 14.8. The van der Waals surface area contributed by atoms with E-state index in [1.165, 1.54) is 16.7 Å². The molecule has 3 rings (SSSR count). The van der Waals surface area contributed by atoms with Crippen LogP contribution in [-0.2, 0) is 24.2 Å². The summed E-state index contributed by atoms with van der Waals surface area (Å²) in [6.45, 7) is 3.62. The van der Waals surface area contributed by atoms with Gasteiger partial charge >= 0.3 is 0 Å². The van der Waals surface area contributed by atoms with Gasteiger partial charge in [0.15, 0.2) is 6.61 Å². The van der Waals surface area contributed by atoms with Crippen molar-refractivity contribution in [1.29, 1.82) is 0 Å². The van der Waals surface area contributed by atoms with Crippen molar-refractivity contribution in [3.8, 4) is 5.75 Å². The van der Waals surface area contributed by atoms with E-state index in [4.69, 9.17) is 4.74 Å². The maximum atomic E-state index is 12.4. The summed E-state index contributed by atoms with van der Waals surface area (Å²) < 4.78 is 6.60. The summed E-state index contributed by atoms with van der Waals surface area (Å²) in [5.74, 6) is 0.749. The average Bonchev–Trinajstić information content (AvgIpc) is 2.59. The number of fused-ring (bicyclic) bond motifs is 1. The molecule has 0 unspecified atom stereocenters. The average molecular weight is 374 g/mol. The first-order chi connectivity index (χ1) is 11.2. The summed E-state index contributed by atoms with van der Waals surface area (Å²) in [5, 5.41) is 0. The van der Waals surface area contributed by atoms with Gasteiger partial charge in [0.05, 0.1) is 4.47 Å². The predicted molar refractivity (Wildman–Crippen MR) is 94.6 cm³/mol. The monoisotopic (exact) mass is 373 g/mol. The van der Waals surface area contributed by atoms with Crippen LogP contribution < -0.4 is 4.74 Å². The lowest BCUT2D eigenvalue weighted by Gasteiger charge is -2.28. The standard InChI is InChI=1S/C19H20BrNO2/c1-2-14-7-8-18(17(20)11-14)23-13-19(22)21-10-9-15-5-3-4-6-16(15)12-21/h3-8,11H,2,9-10,12-13H2,1H3. The van der Waals surface area contributed by atoms with Crippen LogP contribution in [0.1, 0.15) is 23.6 Å². The van der Waals surface area contributed by atoms with E-state index in [0.29, 0.717) is 12.3 Å². The van der Waals surface area contributed by atoms with Crippen molar-refractivity contribution in [3.63, 3.8) is 0 Å². The lowest BCUT2D eigenvalue weighted by Crippen LogP contribution is -2.38. The highest BCUT2D eigenvalue weighted by atomic mass is 79.9. The second-order valence-electron chi connectivity index (χ2n) is 5.74. The fourth-order valence-corrected chi connectivity index (χ4v) is 3.36. The van der Waals surface area contributed by atoms with E-state index >= 15 is 0 Å². The molecule has 1 aliphatic heterocycles. The van der Waals surface area contributed by atoms with Gasteiger partial charge in [-0.25, -0.2) is 0 Å². The quantitative estimate of drug-likeness (QED) is 0.811. The first kappa shape index (κ1) is 16.1. The minimum absolute atomic E-state index is 0.0333. The van der Waals surface area contributed by atoms with Crippen molar-refractivity contribution in [2.45, 2.75) is 26.3 Å². The highest BCUT2D eigenvalue weighted by molar-refractivity contribution is 9.10. The SMILES string of the molecule is CCc1ccc(OCC(=O)N2CCc3ccccc3C2)c(Br)c1. The molecule has 3 nitrogen and oxygen atoms in total. The zero-order valence-electron chi connectivity index (χ0n) is 13.2. The van der Waals surface area contributed by atoms with Gasteiger partial charge in [0.1, 0.15) is 5.75 Å². The topological polar surface area (TPSA) is 29.5 Å². The number of ether oxygens (including phenoxy) is 1. The zero-order chi connectivity index (χ0) is 16.2. The number of halogens is 1. The number of aryl methyl sites for hydroxylation is 1. The van der Waals surface area contributed by atoms with Gasteiger partial charge in [-0.15, -0.1) is 0 Å². The van der Waals surface area contributed by atoms with E-state index in [-0.39, 0.29) is 12.5 Å². The number of carbonyl (C=O) groups excluding carboxylic acids is 1. The molecule has 0 spiro atoms. The first-order valence-corrected chi connectivity index (χ1v) is 8.72. The molecule has 1 amide bonds. The van der Waals surface area contributed by atoms with E-state index in [0.717, 1.165) is 23.9 Å². The summed E-state index contributed by atoms with van der Waals surface area (Å²) in [6, 6.07) is 14.3.